The number of nitrogens with zero attached hydrogens (tertiary/aromatic N) is 3. The van der Waals surface area contributed by atoms with E-state index in [1.165, 1.54) is 18.8 Å². The van der Waals surface area contributed by atoms with Gasteiger partial charge in [-0.1, -0.05) is 6.07 Å². The molecule has 0 aromatic carbocycles. The summed E-state index contributed by atoms with van der Waals surface area (Å²) in [6, 6.07) is 8.16. The molecule has 4 rings (SSSR count). The van der Waals surface area contributed by atoms with Crippen molar-refractivity contribution in [3.8, 4) is 17.1 Å². The highest BCUT2D eigenvalue weighted by atomic mass is 16.5. The van der Waals surface area contributed by atoms with Gasteiger partial charge in [0.25, 0.3) is 0 Å². The van der Waals surface area contributed by atoms with E-state index in [2.05, 4.69) is 15.6 Å². The summed E-state index contributed by atoms with van der Waals surface area (Å²) >= 11 is 0. The summed E-state index contributed by atoms with van der Waals surface area (Å²) < 4.78 is 7.42. The van der Waals surface area contributed by atoms with E-state index in [1.54, 1.807) is 13.3 Å². The lowest BCUT2D eigenvalue weighted by molar-refractivity contribution is 0.413. The van der Waals surface area contributed by atoms with Gasteiger partial charge in [0.05, 0.1) is 24.7 Å². The van der Waals surface area contributed by atoms with Crippen LogP contribution in [0.2, 0.25) is 0 Å². The van der Waals surface area contributed by atoms with Gasteiger partial charge >= 0.3 is 0 Å². The first-order valence-electron chi connectivity index (χ1n) is 9.66. The van der Waals surface area contributed by atoms with Gasteiger partial charge in [-0.25, -0.2) is 9.97 Å². The van der Waals surface area contributed by atoms with E-state index in [1.807, 2.05) is 34.9 Å². The molecule has 29 heavy (non-hydrogen) atoms. The Morgan fingerprint density at radius 1 is 1.45 bits per heavy atom. The van der Waals surface area contributed by atoms with E-state index >= 15 is 0 Å². The fourth-order valence-corrected chi connectivity index (χ4v) is 3.64. The molecule has 0 spiro atoms. The molecule has 1 fully saturated rings. The molecule has 150 valence electrons. The number of aromatic nitrogens is 3. The molecule has 3 aromatic rings. The molecule has 0 bridgehead atoms. The van der Waals surface area contributed by atoms with Crippen molar-refractivity contribution in [2.75, 3.05) is 25.5 Å². The lowest BCUT2D eigenvalue weighted by atomic mass is 10.1. The van der Waals surface area contributed by atoms with E-state index in [4.69, 9.17) is 20.9 Å². The zero-order valence-electron chi connectivity index (χ0n) is 16.4. The molecule has 1 aliphatic rings. The summed E-state index contributed by atoms with van der Waals surface area (Å²) in [4.78, 5) is 9.31. The van der Waals surface area contributed by atoms with Crippen molar-refractivity contribution in [1.29, 1.82) is 5.41 Å². The van der Waals surface area contributed by atoms with E-state index in [0.29, 0.717) is 17.4 Å². The van der Waals surface area contributed by atoms with Crippen LogP contribution in [-0.2, 0) is 0 Å². The summed E-state index contributed by atoms with van der Waals surface area (Å²) in [5.74, 6) is 1.46. The standard InChI is InChI=1S/C21H25N7O/c1-29-19-8-21-25-12-18(28(21)13-16(19)14(9-22)10-23)17-5-2-6-20(27-17)26-15-4-3-7-24-11-15/h2,5-6,8-10,12-13,15,22,24H,3-4,7,11,23H2,1H3,(H,26,27)/b14-10+,22-9?. The molecule has 1 atom stereocenters. The number of piperidine rings is 1. The molecule has 4 heterocycles. The number of hydrogen-bond acceptors (Lipinski definition) is 7. The zero-order valence-corrected chi connectivity index (χ0v) is 16.4. The lowest BCUT2D eigenvalue weighted by Crippen LogP contribution is -2.38. The Bertz CT molecular complexity index is 1050. The number of fused-ring (bicyclic) bond motifs is 1. The molecule has 3 aromatic heterocycles. The maximum Gasteiger partial charge on any atom is 0.140 e. The minimum absolute atomic E-state index is 0.384. The Kier molecular flexibility index (Phi) is 5.44. The fourth-order valence-electron chi connectivity index (χ4n) is 3.64. The minimum Gasteiger partial charge on any atom is -0.496 e. The van der Waals surface area contributed by atoms with Crippen LogP contribution in [0.1, 0.15) is 18.4 Å². The molecular formula is C21H25N7O. The first-order chi connectivity index (χ1) is 14.2. The summed E-state index contributed by atoms with van der Waals surface area (Å²) in [6.07, 6.45) is 8.58. The van der Waals surface area contributed by atoms with Crippen LogP contribution in [0.4, 0.5) is 5.82 Å². The second kappa shape index (κ2) is 8.32. The van der Waals surface area contributed by atoms with Gasteiger partial charge in [0, 0.05) is 48.4 Å². The third-order valence-electron chi connectivity index (χ3n) is 5.14. The summed E-state index contributed by atoms with van der Waals surface area (Å²) in [5, 5.41) is 14.6. The molecule has 0 saturated carbocycles. The highest BCUT2D eigenvalue weighted by Gasteiger charge is 2.16. The van der Waals surface area contributed by atoms with Crippen LogP contribution in [0.15, 0.2) is 42.9 Å². The molecule has 1 saturated heterocycles. The van der Waals surface area contributed by atoms with Gasteiger partial charge < -0.3 is 26.5 Å². The molecule has 8 heteroatoms. The second-order valence-corrected chi connectivity index (χ2v) is 6.99. The number of methoxy groups -OCH3 is 1. The average Bonchev–Trinajstić information content (AvgIpc) is 3.18. The molecule has 1 unspecified atom stereocenters. The Hall–Kier alpha value is -3.39. The Balaban J connectivity index is 1.73. The van der Waals surface area contributed by atoms with Crippen LogP contribution < -0.4 is 21.1 Å². The topological polar surface area (TPSA) is 113 Å². The smallest absolute Gasteiger partial charge is 0.140 e. The molecule has 8 nitrogen and oxygen atoms in total. The van der Waals surface area contributed by atoms with E-state index < -0.39 is 0 Å². The van der Waals surface area contributed by atoms with Gasteiger partial charge in [0.15, 0.2) is 0 Å². The lowest BCUT2D eigenvalue weighted by Gasteiger charge is -2.24. The van der Waals surface area contributed by atoms with Gasteiger partial charge in [-0.05, 0) is 31.5 Å². The molecule has 5 N–H and O–H groups in total. The normalized spacial score (nSPS) is 17.3. The molecule has 0 radical (unpaired) electrons. The van der Waals surface area contributed by atoms with Gasteiger partial charge in [-0.3, -0.25) is 4.40 Å². The van der Waals surface area contributed by atoms with E-state index in [0.717, 1.165) is 47.9 Å². The number of imidazole rings is 1. The van der Waals surface area contributed by atoms with Gasteiger partial charge in [0.2, 0.25) is 0 Å². The number of rotatable bonds is 6. The van der Waals surface area contributed by atoms with Crippen molar-refractivity contribution >= 4 is 23.3 Å². The number of anilines is 1. The highest BCUT2D eigenvalue weighted by Crippen LogP contribution is 2.29. The maximum atomic E-state index is 7.63. The predicted octanol–water partition coefficient (Wildman–Crippen LogP) is 2.52. The van der Waals surface area contributed by atoms with Crippen molar-refractivity contribution < 1.29 is 4.74 Å². The maximum absolute atomic E-state index is 7.63. The van der Waals surface area contributed by atoms with Crippen molar-refractivity contribution in [2.24, 2.45) is 5.73 Å². The molecule has 0 amide bonds. The van der Waals surface area contributed by atoms with Gasteiger partial charge in [-0.2, -0.15) is 0 Å². The van der Waals surface area contributed by atoms with Crippen LogP contribution in [0.3, 0.4) is 0 Å². The van der Waals surface area contributed by atoms with Crippen molar-refractivity contribution in [1.82, 2.24) is 19.7 Å². The third kappa shape index (κ3) is 3.79. The largest absolute Gasteiger partial charge is 0.496 e. The predicted molar refractivity (Wildman–Crippen MR) is 115 cm³/mol. The van der Waals surface area contributed by atoms with Gasteiger partial charge in [0.1, 0.15) is 17.2 Å². The molecular weight excluding hydrogens is 366 g/mol. The number of allylic oxidation sites excluding steroid dienone is 1. The van der Waals surface area contributed by atoms with Crippen LogP contribution in [0.25, 0.3) is 22.6 Å². The number of pyridine rings is 2. The van der Waals surface area contributed by atoms with Crippen molar-refractivity contribution in [2.45, 2.75) is 18.9 Å². The number of ether oxygens (including phenoxy) is 1. The number of nitrogens with one attached hydrogen (secondary N) is 3. The van der Waals surface area contributed by atoms with Crippen molar-refractivity contribution in [3.63, 3.8) is 0 Å². The van der Waals surface area contributed by atoms with Gasteiger partial charge in [-0.15, -0.1) is 0 Å². The van der Waals surface area contributed by atoms with E-state index in [9.17, 15) is 0 Å². The second-order valence-electron chi connectivity index (χ2n) is 6.99. The summed E-state index contributed by atoms with van der Waals surface area (Å²) in [5.41, 5.74) is 9.39. The number of nitrogens with two attached hydrogens (primary N) is 1. The first kappa shape index (κ1) is 18.9. The average molecular weight is 391 g/mol. The Morgan fingerprint density at radius 2 is 2.34 bits per heavy atom. The van der Waals surface area contributed by atoms with Crippen LogP contribution in [-0.4, -0.2) is 46.8 Å². The van der Waals surface area contributed by atoms with Crippen LogP contribution in [0, 0.1) is 5.41 Å². The first-order valence-corrected chi connectivity index (χ1v) is 9.66. The van der Waals surface area contributed by atoms with Crippen LogP contribution >= 0.6 is 0 Å². The zero-order chi connectivity index (χ0) is 20.2. The highest BCUT2D eigenvalue weighted by molar-refractivity contribution is 6.09. The Labute approximate surface area is 169 Å². The number of hydrogen-bond donors (Lipinski definition) is 4. The minimum atomic E-state index is 0.384. The molecule has 1 aliphatic heterocycles. The molecule has 0 aliphatic carbocycles. The third-order valence-corrected chi connectivity index (χ3v) is 5.14. The monoisotopic (exact) mass is 391 g/mol. The SMILES string of the molecule is COc1cc2ncc(-c3cccc(NC4CCCNC4)n3)n2cc1/C(C=N)=C/N. The summed E-state index contributed by atoms with van der Waals surface area (Å²) in [6.45, 7) is 2.02. The quantitative estimate of drug-likeness (QED) is 0.480. The summed E-state index contributed by atoms with van der Waals surface area (Å²) in [7, 11) is 1.59. The fraction of sp³-hybridized carbons (Fsp3) is 0.286. The Morgan fingerprint density at radius 3 is 3.07 bits per heavy atom. The van der Waals surface area contributed by atoms with E-state index in [-0.39, 0.29) is 0 Å². The van der Waals surface area contributed by atoms with Crippen molar-refractivity contribution in [3.05, 3.63) is 48.4 Å². The van der Waals surface area contributed by atoms with Crippen LogP contribution in [0.5, 0.6) is 5.75 Å².